The van der Waals surface area contributed by atoms with E-state index in [0.717, 1.165) is 27.3 Å². The van der Waals surface area contributed by atoms with Crippen molar-refractivity contribution in [1.29, 1.82) is 0 Å². The molecule has 0 aliphatic heterocycles. The lowest BCUT2D eigenvalue weighted by Crippen LogP contribution is -2.10. The quantitative estimate of drug-likeness (QED) is 0.754. The first-order chi connectivity index (χ1) is 9.86. The van der Waals surface area contributed by atoms with Gasteiger partial charge in [-0.3, -0.25) is 0 Å². The van der Waals surface area contributed by atoms with E-state index in [1.54, 1.807) is 0 Å². The van der Waals surface area contributed by atoms with E-state index >= 15 is 0 Å². The van der Waals surface area contributed by atoms with Crippen LogP contribution in [0.4, 0.5) is 10.7 Å². The van der Waals surface area contributed by atoms with Crippen molar-refractivity contribution in [3.63, 3.8) is 0 Å². The molecule has 1 aromatic heterocycles. The first-order valence-corrected chi connectivity index (χ1v) is 7.18. The molecule has 5 heteroatoms. The molecule has 0 saturated carbocycles. The van der Waals surface area contributed by atoms with Crippen molar-refractivity contribution in [2.24, 2.45) is 5.73 Å². The largest absolute Gasteiger partial charge is 0.492 e. The minimum Gasteiger partial charge on any atom is -0.492 e. The van der Waals surface area contributed by atoms with Crippen molar-refractivity contribution < 1.29 is 4.74 Å². The fourth-order valence-electron chi connectivity index (χ4n) is 1.92. The molecule has 20 heavy (non-hydrogen) atoms. The molecule has 102 valence electrons. The highest BCUT2D eigenvalue weighted by Crippen LogP contribution is 2.30. The van der Waals surface area contributed by atoms with Gasteiger partial charge in [-0.15, -0.1) is 0 Å². The van der Waals surface area contributed by atoms with Gasteiger partial charge in [-0.1, -0.05) is 12.1 Å². The second-order valence-electron chi connectivity index (χ2n) is 4.32. The number of benzene rings is 2. The zero-order chi connectivity index (χ0) is 13.8. The van der Waals surface area contributed by atoms with Crippen LogP contribution >= 0.6 is 11.5 Å². The fourth-order valence-corrected chi connectivity index (χ4v) is 2.71. The molecule has 0 spiro atoms. The minimum absolute atomic E-state index is 0.521. The molecular weight excluding hydrogens is 270 g/mol. The Balaban J connectivity index is 1.77. The molecule has 0 fully saturated rings. The average Bonchev–Trinajstić information content (AvgIpc) is 2.90. The molecule has 0 amide bonds. The van der Waals surface area contributed by atoms with Gasteiger partial charge in [-0.05, 0) is 47.9 Å². The summed E-state index contributed by atoms with van der Waals surface area (Å²) in [6, 6.07) is 15.9. The van der Waals surface area contributed by atoms with Gasteiger partial charge in [0, 0.05) is 17.6 Å². The van der Waals surface area contributed by atoms with Crippen LogP contribution in [0.3, 0.4) is 0 Å². The van der Waals surface area contributed by atoms with Crippen LogP contribution in [0, 0.1) is 0 Å². The smallest absolute Gasteiger partial charge is 0.121 e. The Morgan fingerprint density at radius 1 is 1.10 bits per heavy atom. The second kappa shape index (κ2) is 5.90. The molecule has 0 bridgehead atoms. The summed E-state index contributed by atoms with van der Waals surface area (Å²) >= 11 is 1.47. The molecule has 3 rings (SSSR count). The standard InChI is InChI=1S/C15H15N3OS/c16-9-10-19-12-7-5-11(6-8-12)17-15-13-3-1-2-4-14(13)18-20-15/h1-8,17H,9-10,16H2. The third-order valence-corrected chi connectivity index (χ3v) is 3.68. The van der Waals surface area contributed by atoms with Crippen LogP contribution in [0.5, 0.6) is 5.75 Å². The van der Waals surface area contributed by atoms with E-state index in [9.17, 15) is 0 Å². The highest BCUT2D eigenvalue weighted by molar-refractivity contribution is 7.11. The van der Waals surface area contributed by atoms with Gasteiger partial charge in [0.05, 0.1) is 5.52 Å². The third kappa shape index (κ3) is 2.74. The summed E-state index contributed by atoms with van der Waals surface area (Å²) in [6.45, 7) is 1.05. The number of hydrogen-bond acceptors (Lipinski definition) is 5. The van der Waals surface area contributed by atoms with Crippen molar-refractivity contribution in [1.82, 2.24) is 4.37 Å². The Kier molecular flexibility index (Phi) is 3.80. The van der Waals surface area contributed by atoms with Crippen LogP contribution in [0.1, 0.15) is 0 Å². The summed E-state index contributed by atoms with van der Waals surface area (Å²) < 4.78 is 9.87. The van der Waals surface area contributed by atoms with Gasteiger partial charge >= 0.3 is 0 Å². The molecule has 3 N–H and O–H groups in total. The van der Waals surface area contributed by atoms with Gasteiger partial charge in [0.25, 0.3) is 0 Å². The van der Waals surface area contributed by atoms with Crippen LogP contribution in [-0.2, 0) is 0 Å². The number of rotatable bonds is 5. The van der Waals surface area contributed by atoms with Gasteiger partial charge in [-0.2, -0.15) is 4.37 Å². The van der Waals surface area contributed by atoms with Gasteiger partial charge in [0.15, 0.2) is 0 Å². The summed E-state index contributed by atoms with van der Waals surface area (Å²) in [6.07, 6.45) is 0. The van der Waals surface area contributed by atoms with Crippen molar-refractivity contribution in [3.05, 3.63) is 48.5 Å². The molecule has 0 aliphatic carbocycles. The predicted molar refractivity (Wildman–Crippen MR) is 83.9 cm³/mol. The number of nitrogens with zero attached hydrogens (tertiary/aromatic N) is 1. The maximum atomic E-state index is 5.45. The second-order valence-corrected chi connectivity index (χ2v) is 5.09. The number of aromatic nitrogens is 1. The lowest BCUT2D eigenvalue weighted by molar-refractivity contribution is 0.328. The third-order valence-electron chi connectivity index (χ3n) is 2.88. The average molecular weight is 285 g/mol. The monoisotopic (exact) mass is 285 g/mol. The van der Waals surface area contributed by atoms with Crippen molar-refractivity contribution in [2.75, 3.05) is 18.5 Å². The molecule has 0 unspecified atom stereocenters. The molecular formula is C15H15N3OS. The number of fused-ring (bicyclic) bond motifs is 1. The zero-order valence-corrected chi connectivity index (χ0v) is 11.7. The van der Waals surface area contributed by atoms with E-state index in [0.29, 0.717) is 13.2 Å². The maximum absolute atomic E-state index is 5.45. The highest BCUT2D eigenvalue weighted by atomic mass is 32.1. The first kappa shape index (κ1) is 12.9. The Morgan fingerprint density at radius 2 is 1.90 bits per heavy atom. The van der Waals surface area contributed by atoms with E-state index in [1.807, 2.05) is 42.5 Å². The van der Waals surface area contributed by atoms with Gasteiger partial charge in [-0.25, -0.2) is 0 Å². The van der Waals surface area contributed by atoms with Crippen LogP contribution in [0.25, 0.3) is 10.9 Å². The molecule has 4 nitrogen and oxygen atoms in total. The summed E-state index contributed by atoms with van der Waals surface area (Å²) in [5.41, 5.74) is 7.44. The van der Waals surface area contributed by atoms with Crippen LogP contribution < -0.4 is 15.8 Å². The summed E-state index contributed by atoms with van der Waals surface area (Å²) in [4.78, 5) is 0. The van der Waals surface area contributed by atoms with E-state index in [1.165, 1.54) is 11.5 Å². The van der Waals surface area contributed by atoms with Crippen molar-refractivity contribution in [3.8, 4) is 5.75 Å². The Hall–Kier alpha value is -2.11. The zero-order valence-electron chi connectivity index (χ0n) is 10.9. The summed E-state index contributed by atoms with van der Waals surface area (Å²) in [5.74, 6) is 0.829. The number of anilines is 2. The summed E-state index contributed by atoms with van der Waals surface area (Å²) in [7, 11) is 0. The van der Waals surface area contributed by atoms with E-state index < -0.39 is 0 Å². The topological polar surface area (TPSA) is 60.2 Å². The fraction of sp³-hybridized carbons (Fsp3) is 0.133. The number of nitrogens with one attached hydrogen (secondary N) is 1. The summed E-state index contributed by atoms with van der Waals surface area (Å²) in [5, 5.41) is 5.58. The Labute approximate surface area is 121 Å². The van der Waals surface area contributed by atoms with Gasteiger partial charge < -0.3 is 15.8 Å². The van der Waals surface area contributed by atoms with E-state index in [-0.39, 0.29) is 0 Å². The lowest BCUT2D eigenvalue weighted by Gasteiger charge is -2.07. The molecule has 2 aromatic carbocycles. The predicted octanol–water partition coefficient (Wildman–Crippen LogP) is 3.38. The van der Waals surface area contributed by atoms with E-state index in [2.05, 4.69) is 15.8 Å². The number of nitrogens with two attached hydrogens (primary N) is 1. The minimum atomic E-state index is 0.521. The first-order valence-electron chi connectivity index (χ1n) is 6.41. The lowest BCUT2D eigenvalue weighted by atomic mass is 10.2. The maximum Gasteiger partial charge on any atom is 0.121 e. The number of ether oxygens (including phenoxy) is 1. The molecule has 0 saturated heterocycles. The molecule has 3 aromatic rings. The van der Waals surface area contributed by atoms with Crippen LogP contribution in [0.2, 0.25) is 0 Å². The normalized spacial score (nSPS) is 10.7. The molecule has 1 heterocycles. The van der Waals surface area contributed by atoms with Crippen molar-refractivity contribution in [2.45, 2.75) is 0 Å². The molecule has 0 atom stereocenters. The number of hydrogen-bond donors (Lipinski definition) is 2. The van der Waals surface area contributed by atoms with Gasteiger partial charge in [0.2, 0.25) is 0 Å². The Bertz CT molecular complexity index is 694. The SMILES string of the molecule is NCCOc1ccc(Nc2snc3ccccc23)cc1. The molecule has 0 radical (unpaired) electrons. The van der Waals surface area contributed by atoms with Crippen LogP contribution in [0.15, 0.2) is 48.5 Å². The van der Waals surface area contributed by atoms with Gasteiger partial charge in [0.1, 0.15) is 17.4 Å². The van der Waals surface area contributed by atoms with E-state index in [4.69, 9.17) is 10.5 Å². The molecule has 0 aliphatic rings. The van der Waals surface area contributed by atoms with Crippen molar-refractivity contribution >= 4 is 33.1 Å². The highest BCUT2D eigenvalue weighted by Gasteiger charge is 2.05. The Morgan fingerprint density at radius 3 is 2.70 bits per heavy atom. The van der Waals surface area contributed by atoms with Crippen LogP contribution in [-0.4, -0.2) is 17.5 Å².